The number of carbonyl (C=O) groups excluding carboxylic acids is 4. The van der Waals surface area contributed by atoms with E-state index in [4.69, 9.17) is 55.6 Å². The van der Waals surface area contributed by atoms with Gasteiger partial charge in [0.2, 0.25) is 17.7 Å². The number of carbonyl (C=O) groups is 5. The number of rotatable bonds is 19. The van der Waals surface area contributed by atoms with E-state index >= 15 is 0 Å². The van der Waals surface area contributed by atoms with Crippen LogP contribution in [-0.2, 0) is 47.7 Å². The van der Waals surface area contributed by atoms with Crippen molar-refractivity contribution < 1.29 is 95.9 Å². The zero-order valence-electron chi connectivity index (χ0n) is 46.1. The minimum absolute atomic E-state index is 0.00463. The smallest absolute Gasteiger partial charge is 0.469 e. The highest BCUT2D eigenvalue weighted by molar-refractivity contribution is 7.85. The number of nitrogens with zero attached hydrogens (tertiary/aromatic N) is 2. The number of hydrogen-bond donors (Lipinski definition) is 11. The third-order valence-electron chi connectivity index (χ3n) is 5.94. The summed E-state index contributed by atoms with van der Waals surface area (Å²) in [5.74, 6) is 0.676. The molecule has 0 aliphatic rings. The van der Waals surface area contributed by atoms with E-state index in [9.17, 15) is 41.5 Å². The molecule has 0 spiro atoms. The van der Waals surface area contributed by atoms with Crippen LogP contribution >= 0.6 is 15.4 Å². The Hall–Kier alpha value is -2.44. The van der Waals surface area contributed by atoms with Crippen LogP contribution in [0.1, 0.15) is 157 Å². The molecule has 0 saturated heterocycles. The SMILES string of the molecule is CC(=O)N(O)CC(C)C.CC(C)CC(=O)CO.CC(C)CC(=O)N(C)O.CC(C)CC(=O)O.CC(C)CC(N)=O.CC(C)CO.CC(C)COP(=O)(O)O.CC(C)CP(=O)(O)O.CC(C)CS(=O)(=O)O. The Bertz CT molecular complexity index is 1460. The Labute approximate surface area is 421 Å². The van der Waals surface area contributed by atoms with Crippen molar-refractivity contribution in [1.29, 1.82) is 0 Å². The van der Waals surface area contributed by atoms with E-state index in [0.717, 1.165) is 5.06 Å². The van der Waals surface area contributed by atoms with Crippen molar-refractivity contribution in [2.45, 2.75) is 157 Å². The third-order valence-corrected chi connectivity index (χ3v) is 8.72. The number of aliphatic hydroxyl groups is 2. The van der Waals surface area contributed by atoms with Crippen LogP contribution in [0.4, 0.5) is 0 Å². The van der Waals surface area contributed by atoms with Crippen LogP contribution in [0.3, 0.4) is 0 Å². The summed E-state index contributed by atoms with van der Waals surface area (Å²) in [5.41, 5.74) is 4.85. The summed E-state index contributed by atoms with van der Waals surface area (Å²) in [6.45, 7) is 35.8. The molecule has 0 atom stereocenters. The number of hydroxylamine groups is 4. The largest absolute Gasteiger partial charge is 0.481 e. The number of phosphoric acid groups is 1. The summed E-state index contributed by atoms with van der Waals surface area (Å²) in [6, 6.07) is 0. The molecule has 23 nitrogen and oxygen atoms in total. The van der Waals surface area contributed by atoms with E-state index in [1.807, 2.05) is 96.9 Å². The predicted octanol–water partition coefficient (Wildman–Crippen LogP) is 6.73. The maximum atomic E-state index is 10.6. The molecule has 12 N–H and O–H groups in total. The topological polar surface area (TPSA) is 398 Å². The van der Waals surface area contributed by atoms with Gasteiger partial charge >= 0.3 is 21.4 Å². The van der Waals surface area contributed by atoms with E-state index in [0.29, 0.717) is 67.1 Å². The van der Waals surface area contributed by atoms with Crippen molar-refractivity contribution in [3.63, 3.8) is 0 Å². The molecule has 428 valence electrons. The number of hydrogen-bond acceptors (Lipinski definition) is 14. The summed E-state index contributed by atoms with van der Waals surface area (Å²) in [6.07, 6.45) is 1.68. The summed E-state index contributed by atoms with van der Waals surface area (Å²) in [4.78, 5) is 84.1. The molecule has 0 fully saturated rings. The Morgan fingerprint density at radius 3 is 1.03 bits per heavy atom. The maximum Gasteiger partial charge on any atom is 0.469 e. The number of Topliss-reactive ketones (excluding diaryl/α,β-unsaturated/α-hetero) is 1. The fourth-order valence-electron chi connectivity index (χ4n) is 3.37. The molecule has 0 aromatic carbocycles. The standard InChI is InChI=1S/2C6H13NO2.C6H12O2.C5H11NO.C5H10O2.C4H11O4P.C4H11O3P.C4H10O3S.C4H10O/c1-5(2)4-6(8)7(3)9;1-5(2)4-7(9)6(3)8;1-5(2)3-6(8)4-7;2*1-4(2)3-5(6)7;1-4(2)3-8-9(5,6)7;2*1-4(2)3-8(5,6)7;1-4(2)3-5/h2*5,9H,4H2,1-3H3;5,7H,3-4H2,1-2H3;4H,3H2,1-2H3,(H2,6,7);4H,3H2,1-2H3,(H,6,7);4H,3H2,1-2H3,(H2,5,6,7);4H,3H2,1-2H3,(H2,5,6,7);4H,3H2,1-2H3,(H,5,6,7);4-5H,3H2,1-2H3. The van der Waals surface area contributed by atoms with Gasteiger partial charge in [-0.3, -0.25) is 48.0 Å². The molecule has 70 heavy (non-hydrogen) atoms. The van der Waals surface area contributed by atoms with Crippen LogP contribution in [0.15, 0.2) is 0 Å². The van der Waals surface area contributed by atoms with Crippen LogP contribution in [0.5, 0.6) is 0 Å². The summed E-state index contributed by atoms with van der Waals surface area (Å²) in [7, 11) is -10.3. The molecule has 26 heteroatoms. The zero-order chi connectivity index (χ0) is 58.5. The van der Waals surface area contributed by atoms with E-state index < -0.39 is 31.5 Å². The molecule has 3 amide bonds. The first-order valence-corrected chi connectivity index (χ1v) is 27.8. The minimum atomic E-state index is -4.22. The van der Waals surface area contributed by atoms with Crippen molar-refractivity contribution in [1.82, 2.24) is 10.1 Å². The summed E-state index contributed by atoms with van der Waals surface area (Å²) in [5, 5.41) is 43.1. The Kier molecular flexibility index (Phi) is 64.2. The van der Waals surface area contributed by atoms with Gasteiger partial charge in [0.15, 0.2) is 5.78 Å². The quantitative estimate of drug-likeness (QED) is 0.0276. The molecule has 0 radical (unpaired) electrons. The number of amides is 3. The number of aliphatic carboxylic acids is 1. The zero-order valence-corrected chi connectivity index (χ0v) is 48.7. The van der Waals surface area contributed by atoms with Crippen molar-refractivity contribution >= 4 is 55.0 Å². The normalized spacial score (nSPS) is 10.8. The molecule has 0 saturated carbocycles. The average molecular weight is 1090 g/mol. The number of primary amides is 1. The lowest BCUT2D eigenvalue weighted by Crippen LogP contribution is -2.28. The molecular weight excluding hydrogens is 985 g/mol. The second-order valence-corrected chi connectivity index (χ2v) is 23.9. The molecule has 0 rings (SSSR count). The van der Waals surface area contributed by atoms with E-state index in [-0.39, 0.29) is 78.7 Å². The number of carboxylic acids is 1. The highest BCUT2D eigenvalue weighted by Crippen LogP contribution is 2.36. The lowest BCUT2D eigenvalue weighted by molar-refractivity contribution is -0.164. The van der Waals surface area contributed by atoms with Crippen LogP contribution < -0.4 is 5.73 Å². The first-order valence-electron chi connectivity index (χ1n) is 22.9. The van der Waals surface area contributed by atoms with Gasteiger partial charge < -0.3 is 40.6 Å². The average Bonchev–Trinajstić information content (AvgIpc) is 3.08. The highest BCUT2D eigenvalue weighted by atomic mass is 32.2. The molecule has 0 unspecified atom stereocenters. The van der Waals surface area contributed by atoms with Gasteiger partial charge in [0.05, 0.1) is 25.1 Å². The Morgan fingerprint density at radius 1 is 0.600 bits per heavy atom. The van der Waals surface area contributed by atoms with Crippen molar-refractivity contribution in [3.05, 3.63) is 0 Å². The molecule has 0 aliphatic carbocycles. The number of aliphatic hydroxyl groups excluding tert-OH is 2. The number of ketones is 1. The molecule has 0 aromatic rings. The van der Waals surface area contributed by atoms with Crippen LogP contribution in [0, 0.1) is 53.3 Å². The van der Waals surface area contributed by atoms with E-state index in [2.05, 4.69) is 4.52 Å². The molecule has 0 aromatic heterocycles. The number of carboxylic acid groups (broad SMARTS) is 1. The summed E-state index contributed by atoms with van der Waals surface area (Å²) >= 11 is 0. The summed E-state index contributed by atoms with van der Waals surface area (Å²) < 4.78 is 52.5. The van der Waals surface area contributed by atoms with Crippen molar-refractivity contribution in [3.8, 4) is 0 Å². The van der Waals surface area contributed by atoms with Gasteiger partial charge in [0.25, 0.3) is 10.1 Å². The maximum absolute atomic E-state index is 10.6. The Balaban J connectivity index is -0.0000000858. The van der Waals surface area contributed by atoms with Gasteiger partial charge in [-0.2, -0.15) is 8.42 Å². The van der Waals surface area contributed by atoms with Gasteiger partial charge in [0.1, 0.15) is 6.61 Å². The van der Waals surface area contributed by atoms with Gasteiger partial charge in [-0.25, -0.2) is 14.7 Å². The van der Waals surface area contributed by atoms with Gasteiger partial charge in [-0.1, -0.05) is 125 Å². The number of phosphoric ester groups is 1. The van der Waals surface area contributed by atoms with Crippen molar-refractivity contribution in [2.24, 2.45) is 59.0 Å². The van der Waals surface area contributed by atoms with E-state index in [1.54, 1.807) is 27.7 Å². The highest BCUT2D eigenvalue weighted by Gasteiger charge is 2.15. The third kappa shape index (κ3) is 132. The first kappa shape index (κ1) is 87.3. The molecule has 0 bridgehead atoms. The lowest BCUT2D eigenvalue weighted by atomic mass is 10.1. The van der Waals surface area contributed by atoms with Gasteiger partial charge in [-0.15, -0.1) is 0 Å². The molecule has 0 aliphatic heterocycles. The fraction of sp³-hybridized carbons (Fsp3) is 0.886. The molecule has 0 heterocycles. The second kappa shape index (κ2) is 51.5. The van der Waals surface area contributed by atoms with Gasteiger partial charge in [0, 0.05) is 46.3 Å². The lowest BCUT2D eigenvalue weighted by Gasteiger charge is -2.13. The van der Waals surface area contributed by atoms with E-state index in [1.165, 1.54) is 14.0 Å². The molecular formula is C44H101N3O20P2S. The van der Waals surface area contributed by atoms with Crippen LogP contribution in [0.2, 0.25) is 0 Å². The Morgan fingerprint density at radius 2 is 0.971 bits per heavy atom. The number of nitrogens with two attached hydrogens (primary N) is 1. The van der Waals surface area contributed by atoms with Gasteiger partial charge in [-0.05, 0) is 53.3 Å². The first-order chi connectivity index (χ1) is 31.0. The predicted molar refractivity (Wildman–Crippen MR) is 273 cm³/mol. The van der Waals surface area contributed by atoms with Crippen LogP contribution in [-0.4, -0.2) is 143 Å². The van der Waals surface area contributed by atoms with Crippen LogP contribution in [0.25, 0.3) is 0 Å². The fourth-order valence-corrected chi connectivity index (χ4v) is 5.66. The second-order valence-electron chi connectivity index (χ2n) is 19.5. The monoisotopic (exact) mass is 1090 g/mol. The minimum Gasteiger partial charge on any atom is -0.481 e. The van der Waals surface area contributed by atoms with Crippen molar-refractivity contribution in [2.75, 3.05) is 45.3 Å².